The molecule has 2 aromatic rings. The summed E-state index contributed by atoms with van der Waals surface area (Å²) < 4.78 is 42.2. The number of piperidine rings is 1. The van der Waals surface area contributed by atoms with Crippen LogP contribution >= 0.6 is 0 Å². The molecule has 0 saturated carbocycles. The fourth-order valence-corrected chi connectivity index (χ4v) is 4.43. The highest BCUT2D eigenvalue weighted by Gasteiger charge is 2.33. The molecule has 1 aliphatic rings. The molecule has 0 amide bonds. The van der Waals surface area contributed by atoms with Crippen molar-refractivity contribution in [2.45, 2.75) is 23.7 Å². The molecule has 3 rings (SSSR count). The third kappa shape index (κ3) is 2.78. The molecule has 22 heavy (non-hydrogen) atoms. The fourth-order valence-electron chi connectivity index (χ4n) is 2.85. The van der Waals surface area contributed by atoms with E-state index in [0.717, 1.165) is 18.5 Å². The highest BCUT2D eigenvalue weighted by Crippen LogP contribution is 2.30. The Labute approximate surface area is 129 Å². The van der Waals surface area contributed by atoms with Gasteiger partial charge in [0.05, 0.1) is 5.69 Å². The summed E-state index contributed by atoms with van der Waals surface area (Å²) in [5.74, 6) is -0.654. The summed E-state index contributed by atoms with van der Waals surface area (Å²) in [7, 11) is -1.97. The second-order valence-corrected chi connectivity index (χ2v) is 7.45. The summed E-state index contributed by atoms with van der Waals surface area (Å²) in [5, 5.41) is 4.36. The van der Waals surface area contributed by atoms with Crippen molar-refractivity contribution in [3.8, 4) is 0 Å². The third-order valence-corrected chi connectivity index (χ3v) is 5.89. The smallest absolute Gasteiger partial charge is 0.246 e. The van der Waals surface area contributed by atoms with Gasteiger partial charge in [0.15, 0.2) is 0 Å². The first-order chi connectivity index (χ1) is 10.5. The van der Waals surface area contributed by atoms with Crippen molar-refractivity contribution in [1.82, 2.24) is 14.1 Å². The van der Waals surface area contributed by atoms with Crippen molar-refractivity contribution in [2.24, 2.45) is 7.05 Å². The first-order valence-electron chi connectivity index (χ1n) is 7.23. The number of benzene rings is 1. The van der Waals surface area contributed by atoms with Gasteiger partial charge in [0.2, 0.25) is 10.0 Å². The number of aromatic nitrogens is 2. The molecule has 1 aromatic carbocycles. The lowest BCUT2D eigenvalue weighted by atomic mass is 9.96. The first kappa shape index (κ1) is 15.2. The van der Waals surface area contributed by atoms with Crippen LogP contribution < -0.4 is 0 Å². The van der Waals surface area contributed by atoms with Gasteiger partial charge >= 0.3 is 0 Å². The highest BCUT2D eigenvalue weighted by molar-refractivity contribution is 7.89. The molecule has 1 fully saturated rings. The van der Waals surface area contributed by atoms with Gasteiger partial charge in [0.25, 0.3) is 0 Å². The number of hydrogen-bond donors (Lipinski definition) is 0. The van der Waals surface area contributed by atoms with Gasteiger partial charge in [-0.1, -0.05) is 12.1 Å². The number of sulfonamides is 1. The van der Waals surface area contributed by atoms with Gasteiger partial charge in [-0.25, -0.2) is 12.8 Å². The van der Waals surface area contributed by atoms with Crippen molar-refractivity contribution in [3.63, 3.8) is 0 Å². The third-order valence-electron chi connectivity index (χ3n) is 3.99. The van der Waals surface area contributed by atoms with Crippen LogP contribution in [-0.2, 0) is 17.1 Å². The maximum atomic E-state index is 13.8. The number of rotatable bonds is 3. The second-order valence-electron chi connectivity index (χ2n) is 5.55. The molecule has 2 heterocycles. The zero-order chi connectivity index (χ0) is 15.7. The van der Waals surface area contributed by atoms with Crippen LogP contribution in [-0.4, -0.2) is 35.6 Å². The SMILES string of the molecule is Cn1ccc(C2CCCN(S(=O)(=O)c3ccccc3F)C2)n1. The van der Waals surface area contributed by atoms with Gasteiger partial charge in [0, 0.05) is 32.3 Å². The monoisotopic (exact) mass is 323 g/mol. The average Bonchev–Trinajstić information content (AvgIpc) is 2.94. The van der Waals surface area contributed by atoms with Crippen molar-refractivity contribution in [3.05, 3.63) is 48.0 Å². The van der Waals surface area contributed by atoms with Gasteiger partial charge in [-0.3, -0.25) is 4.68 Å². The van der Waals surface area contributed by atoms with E-state index in [1.54, 1.807) is 4.68 Å². The minimum absolute atomic E-state index is 0.0523. The van der Waals surface area contributed by atoms with E-state index in [0.29, 0.717) is 13.1 Å². The molecule has 5 nitrogen and oxygen atoms in total. The van der Waals surface area contributed by atoms with Gasteiger partial charge in [-0.05, 0) is 31.0 Å². The Balaban J connectivity index is 1.87. The van der Waals surface area contributed by atoms with E-state index in [-0.39, 0.29) is 10.8 Å². The molecule has 0 radical (unpaired) electrons. The normalized spacial score (nSPS) is 20.2. The topological polar surface area (TPSA) is 55.2 Å². The van der Waals surface area contributed by atoms with E-state index in [4.69, 9.17) is 0 Å². The number of nitrogens with zero attached hydrogens (tertiary/aromatic N) is 3. The summed E-state index contributed by atoms with van der Waals surface area (Å²) in [6, 6.07) is 7.42. The molecule has 0 N–H and O–H groups in total. The molecule has 0 spiro atoms. The Morgan fingerprint density at radius 3 is 2.73 bits per heavy atom. The highest BCUT2D eigenvalue weighted by atomic mass is 32.2. The lowest BCUT2D eigenvalue weighted by Crippen LogP contribution is -2.39. The van der Waals surface area contributed by atoms with E-state index < -0.39 is 15.8 Å². The number of hydrogen-bond acceptors (Lipinski definition) is 3. The van der Waals surface area contributed by atoms with Crippen LogP contribution in [0.25, 0.3) is 0 Å². The molecule has 0 bridgehead atoms. The molecule has 1 aliphatic heterocycles. The Hall–Kier alpha value is -1.73. The largest absolute Gasteiger partial charge is 0.276 e. The van der Waals surface area contributed by atoms with Crippen LogP contribution in [0.3, 0.4) is 0 Å². The van der Waals surface area contributed by atoms with Crippen LogP contribution in [0.5, 0.6) is 0 Å². The maximum Gasteiger partial charge on any atom is 0.246 e. The standard InChI is InChI=1S/C15H18FN3O2S/c1-18-10-8-14(17-18)12-5-4-9-19(11-12)22(20,21)15-7-3-2-6-13(15)16/h2-3,6-8,10,12H,4-5,9,11H2,1H3. The van der Waals surface area contributed by atoms with E-state index in [1.807, 2.05) is 19.3 Å². The van der Waals surface area contributed by atoms with Crippen molar-refractivity contribution >= 4 is 10.0 Å². The Bertz CT molecular complexity index is 773. The van der Waals surface area contributed by atoms with E-state index >= 15 is 0 Å². The van der Waals surface area contributed by atoms with Crippen molar-refractivity contribution < 1.29 is 12.8 Å². The molecule has 7 heteroatoms. The maximum absolute atomic E-state index is 13.8. The minimum atomic E-state index is -3.80. The Kier molecular flexibility index (Phi) is 4.01. The van der Waals surface area contributed by atoms with E-state index in [1.165, 1.54) is 28.6 Å². The van der Waals surface area contributed by atoms with Crippen LogP contribution in [0.1, 0.15) is 24.5 Å². The van der Waals surface area contributed by atoms with Crippen molar-refractivity contribution in [1.29, 1.82) is 0 Å². The summed E-state index contributed by atoms with van der Waals surface area (Å²) >= 11 is 0. The molecule has 1 atom stereocenters. The Morgan fingerprint density at radius 1 is 1.27 bits per heavy atom. The van der Waals surface area contributed by atoms with Gasteiger partial charge < -0.3 is 0 Å². The summed E-state index contributed by atoms with van der Waals surface area (Å²) in [5.41, 5.74) is 0.885. The fraction of sp³-hybridized carbons (Fsp3) is 0.400. The van der Waals surface area contributed by atoms with Crippen molar-refractivity contribution in [2.75, 3.05) is 13.1 Å². The van der Waals surface area contributed by atoms with Gasteiger partial charge in [-0.2, -0.15) is 9.40 Å². The zero-order valence-electron chi connectivity index (χ0n) is 12.3. The number of halogens is 1. The lowest BCUT2D eigenvalue weighted by molar-refractivity contribution is 0.310. The minimum Gasteiger partial charge on any atom is -0.276 e. The molecule has 1 unspecified atom stereocenters. The van der Waals surface area contributed by atoms with Gasteiger partial charge in [0.1, 0.15) is 10.7 Å². The summed E-state index contributed by atoms with van der Waals surface area (Å²) in [6.45, 7) is 0.758. The molecule has 1 aromatic heterocycles. The molecular formula is C15H18FN3O2S. The average molecular weight is 323 g/mol. The zero-order valence-corrected chi connectivity index (χ0v) is 13.1. The molecule has 118 valence electrons. The van der Waals surface area contributed by atoms with Crippen LogP contribution in [0.4, 0.5) is 4.39 Å². The Morgan fingerprint density at radius 2 is 2.05 bits per heavy atom. The predicted molar refractivity (Wildman–Crippen MR) is 80.3 cm³/mol. The van der Waals surface area contributed by atoms with Crippen LogP contribution in [0.15, 0.2) is 41.4 Å². The van der Waals surface area contributed by atoms with Crippen LogP contribution in [0, 0.1) is 5.82 Å². The quantitative estimate of drug-likeness (QED) is 0.869. The predicted octanol–water partition coefficient (Wildman–Crippen LogP) is 2.13. The molecule has 1 saturated heterocycles. The first-order valence-corrected chi connectivity index (χ1v) is 8.67. The second kappa shape index (κ2) is 5.81. The van der Waals surface area contributed by atoms with Gasteiger partial charge in [-0.15, -0.1) is 0 Å². The van der Waals surface area contributed by atoms with E-state index in [2.05, 4.69) is 5.10 Å². The van der Waals surface area contributed by atoms with Crippen LogP contribution in [0.2, 0.25) is 0 Å². The summed E-state index contributed by atoms with van der Waals surface area (Å²) in [6.07, 6.45) is 3.48. The molecular weight excluding hydrogens is 305 g/mol. The number of aryl methyl sites for hydroxylation is 1. The van der Waals surface area contributed by atoms with E-state index in [9.17, 15) is 12.8 Å². The molecule has 0 aliphatic carbocycles. The lowest BCUT2D eigenvalue weighted by Gasteiger charge is -2.31. The summed E-state index contributed by atoms with van der Waals surface area (Å²) in [4.78, 5) is -0.253.